The molecule has 0 bridgehead atoms. The van der Waals surface area contributed by atoms with Crippen molar-refractivity contribution in [1.29, 1.82) is 0 Å². The number of rotatable bonds is 3. The average Bonchev–Trinajstić information content (AvgIpc) is 2.59. The first-order chi connectivity index (χ1) is 9.95. The lowest BCUT2D eigenvalue weighted by atomic mass is 10.0. The Hall–Kier alpha value is -0.970. The Balaban J connectivity index is 1.96. The molecule has 6 heteroatoms. The Morgan fingerprint density at radius 1 is 1.33 bits per heavy atom. The molecule has 1 aromatic rings. The van der Waals surface area contributed by atoms with Crippen LogP contribution in [0, 0.1) is 5.92 Å². The van der Waals surface area contributed by atoms with Crippen molar-refractivity contribution in [3.05, 3.63) is 22.2 Å². The molecular weight excluding hydrogens is 309 g/mol. The van der Waals surface area contributed by atoms with Crippen LogP contribution in [0.5, 0.6) is 0 Å². The van der Waals surface area contributed by atoms with Crippen molar-refractivity contribution in [2.75, 3.05) is 30.7 Å². The van der Waals surface area contributed by atoms with Crippen molar-refractivity contribution in [3.63, 3.8) is 0 Å². The maximum absolute atomic E-state index is 12.2. The molecular formula is C15H21Cl2N3O. The minimum absolute atomic E-state index is 0.0990. The molecule has 21 heavy (non-hydrogen) atoms. The first-order valence-corrected chi connectivity index (χ1v) is 7.98. The third-order valence-electron chi connectivity index (χ3n) is 3.81. The molecule has 2 rings (SSSR count). The predicted molar refractivity (Wildman–Crippen MR) is 89.0 cm³/mol. The van der Waals surface area contributed by atoms with Gasteiger partial charge >= 0.3 is 0 Å². The molecule has 4 nitrogen and oxygen atoms in total. The van der Waals surface area contributed by atoms with E-state index in [2.05, 4.69) is 17.1 Å². The fourth-order valence-corrected chi connectivity index (χ4v) is 3.17. The van der Waals surface area contributed by atoms with E-state index in [0.717, 1.165) is 31.8 Å². The van der Waals surface area contributed by atoms with Gasteiger partial charge in [0, 0.05) is 5.69 Å². The fraction of sp³-hybridized carbons (Fsp3) is 0.533. The normalized spacial score (nSPS) is 20.0. The van der Waals surface area contributed by atoms with Crippen LogP contribution in [0.4, 0.5) is 11.4 Å². The topological polar surface area (TPSA) is 58.4 Å². The summed E-state index contributed by atoms with van der Waals surface area (Å²) in [6.45, 7) is 4.54. The van der Waals surface area contributed by atoms with Crippen molar-refractivity contribution < 1.29 is 4.79 Å². The first-order valence-electron chi connectivity index (χ1n) is 7.22. The maximum atomic E-state index is 12.2. The lowest BCUT2D eigenvalue weighted by Gasteiger charge is -2.19. The summed E-state index contributed by atoms with van der Waals surface area (Å²) in [5.74, 6) is 0.636. The van der Waals surface area contributed by atoms with Crippen LogP contribution >= 0.6 is 23.2 Å². The Morgan fingerprint density at radius 3 is 2.67 bits per heavy atom. The number of anilines is 2. The van der Waals surface area contributed by atoms with Crippen LogP contribution in [0.2, 0.25) is 10.0 Å². The number of benzene rings is 1. The summed E-state index contributed by atoms with van der Waals surface area (Å²) >= 11 is 12.1. The minimum Gasteiger partial charge on any atom is -0.399 e. The second-order valence-corrected chi connectivity index (χ2v) is 6.53. The van der Waals surface area contributed by atoms with Crippen LogP contribution in [0.1, 0.15) is 26.2 Å². The highest BCUT2D eigenvalue weighted by molar-refractivity contribution is 6.40. The van der Waals surface area contributed by atoms with Crippen molar-refractivity contribution in [1.82, 2.24) is 4.90 Å². The van der Waals surface area contributed by atoms with E-state index in [-0.39, 0.29) is 5.91 Å². The van der Waals surface area contributed by atoms with Gasteiger partial charge in [-0.3, -0.25) is 9.69 Å². The molecule has 0 aliphatic carbocycles. The smallest absolute Gasteiger partial charge is 0.238 e. The molecule has 1 aliphatic heterocycles. The van der Waals surface area contributed by atoms with Gasteiger partial charge in [0.25, 0.3) is 0 Å². The van der Waals surface area contributed by atoms with E-state index in [1.54, 1.807) is 12.1 Å². The quantitative estimate of drug-likeness (QED) is 0.832. The first kappa shape index (κ1) is 16.4. The summed E-state index contributed by atoms with van der Waals surface area (Å²) in [7, 11) is 0. The Labute approximate surface area is 135 Å². The summed E-state index contributed by atoms with van der Waals surface area (Å²) in [6.07, 6.45) is 3.50. The van der Waals surface area contributed by atoms with Crippen LogP contribution in [0.25, 0.3) is 0 Å². The van der Waals surface area contributed by atoms with Crippen molar-refractivity contribution in [2.45, 2.75) is 26.2 Å². The van der Waals surface area contributed by atoms with Gasteiger partial charge in [0.05, 0.1) is 22.3 Å². The van der Waals surface area contributed by atoms with Crippen molar-refractivity contribution in [3.8, 4) is 0 Å². The molecule has 1 atom stereocenters. The number of carbonyl (C=O) groups excluding carboxylic acids is 1. The van der Waals surface area contributed by atoms with Gasteiger partial charge in [-0.15, -0.1) is 0 Å². The highest BCUT2D eigenvalue weighted by atomic mass is 35.5. The molecule has 0 spiro atoms. The van der Waals surface area contributed by atoms with Gasteiger partial charge < -0.3 is 11.1 Å². The highest BCUT2D eigenvalue weighted by Gasteiger charge is 2.17. The van der Waals surface area contributed by atoms with Crippen LogP contribution < -0.4 is 11.1 Å². The summed E-state index contributed by atoms with van der Waals surface area (Å²) < 4.78 is 0. The molecule has 0 radical (unpaired) electrons. The molecule has 1 aliphatic rings. The third kappa shape index (κ3) is 4.77. The number of nitrogen functional groups attached to an aromatic ring is 1. The zero-order valence-corrected chi connectivity index (χ0v) is 13.7. The molecule has 1 fully saturated rings. The van der Waals surface area contributed by atoms with Crippen LogP contribution in [-0.4, -0.2) is 30.4 Å². The van der Waals surface area contributed by atoms with Crippen molar-refractivity contribution in [2.24, 2.45) is 5.92 Å². The number of halogens is 2. The molecule has 1 heterocycles. The average molecular weight is 330 g/mol. The zero-order chi connectivity index (χ0) is 15.4. The van der Waals surface area contributed by atoms with Gasteiger partial charge in [-0.2, -0.15) is 0 Å². The summed E-state index contributed by atoms with van der Waals surface area (Å²) in [5.41, 5.74) is 6.56. The van der Waals surface area contributed by atoms with E-state index in [4.69, 9.17) is 28.9 Å². The van der Waals surface area contributed by atoms with E-state index in [9.17, 15) is 4.79 Å². The van der Waals surface area contributed by atoms with Crippen LogP contribution in [0.3, 0.4) is 0 Å². The zero-order valence-electron chi connectivity index (χ0n) is 12.2. The largest absolute Gasteiger partial charge is 0.399 e. The lowest BCUT2D eigenvalue weighted by Crippen LogP contribution is -2.34. The van der Waals surface area contributed by atoms with Gasteiger partial charge in [0.15, 0.2) is 0 Å². The highest BCUT2D eigenvalue weighted by Crippen LogP contribution is 2.32. The number of likely N-dealkylation sites (tertiary alicyclic amines) is 1. The maximum Gasteiger partial charge on any atom is 0.238 e. The molecule has 3 N–H and O–H groups in total. The Bertz CT molecular complexity index is 499. The van der Waals surface area contributed by atoms with Crippen LogP contribution in [-0.2, 0) is 4.79 Å². The molecule has 1 aromatic carbocycles. The number of amides is 1. The number of nitrogens with one attached hydrogen (secondary N) is 1. The number of hydrogen-bond acceptors (Lipinski definition) is 3. The Morgan fingerprint density at radius 2 is 2.00 bits per heavy atom. The summed E-state index contributed by atoms with van der Waals surface area (Å²) in [4.78, 5) is 14.3. The van der Waals surface area contributed by atoms with E-state index < -0.39 is 0 Å². The molecule has 116 valence electrons. The Kier molecular flexibility index (Phi) is 5.73. The number of nitrogens with two attached hydrogens (primary N) is 1. The van der Waals surface area contributed by atoms with Gasteiger partial charge in [0.1, 0.15) is 0 Å². The van der Waals surface area contributed by atoms with E-state index >= 15 is 0 Å². The second kappa shape index (κ2) is 7.34. The van der Waals surface area contributed by atoms with E-state index in [1.165, 1.54) is 6.42 Å². The number of nitrogens with zero attached hydrogens (tertiary/aromatic N) is 1. The predicted octanol–water partition coefficient (Wildman–Crippen LogP) is 3.64. The van der Waals surface area contributed by atoms with Gasteiger partial charge in [-0.1, -0.05) is 30.1 Å². The lowest BCUT2D eigenvalue weighted by molar-refractivity contribution is -0.117. The van der Waals surface area contributed by atoms with Gasteiger partial charge in [-0.05, 0) is 50.4 Å². The minimum atomic E-state index is -0.0990. The standard InChI is InChI=1S/C15H21Cl2N3O/c1-10-3-2-5-20(6-4-10)9-14(21)19-15-12(16)7-11(18)8-13(15)17/h7-8,10H,2-6,9,18H2,1H3,(H,19,21). The monoisotopic (exact) mass is 329 g/mol. The fourth-order valence-electron chi connectivity index (χ4n) is 2.57. The van der Waals surface area contributed by atoms with Crippen molar-refractivity contribution >= 4 is 40.5 Å². The summed E-state index contributed by atoms with van der Waals surface area (Å²) in [6, 6.07) is 3.16. The van der Waals surface area contributed by atoms with E-state index in [1.807, 2.05) is 0 Å². The molecule has 1 amide bonds. The second-order valence-electron chi connectivity index (χ2n) is 5.72. The number of carbonyl (C=O) groups is 1. The van der Waals surface area contributed by atoms with Gasteiger partial charge in [0.2, 0.25) is 5.91 Å². The third-order valence-corrected chi connectivity index (χ3v) is 4.40. The molecule has 1 unspecified atom stereocenters. The molecule has 1 saturated heterocycles. The SMILES string of the molecule is CC1CCCN(CC(=O)Nc2c(Cl)cc(N)cc2Cl)CC1. The number of hydrogen-bond donors (Lipinski definition) is 2. The van der Waals surface area contributed by atoms with Gasteiger partial charge in [-0.25, -0.2) is 0 Å². The molecule has 0 aromatic heterocycles. The summed E-state index contributed by atoms with van der Waals surface area (Å²) in [5, 5.41) is 3.50. The van der Waals surface area contributed by atoms with E-state index in [0.29, 0.717) is 28.0 Å². The molecule has 0 saturated carbocycles. The van der Waals surface area contributed by atoms with Crippen LogP contribution in [0.15, 0.2) is 12.1 Å².